The molecule has 1 aromatic heterocycles. The summed E-state index contributed by atoms with van der Waals surface area (Å²) in [4.78, 5) is 47.2. The van der Waals surface area contributed by atoms with Gasteiger partial charge in [0.25, 0.3) is 0 Å². The molecule has 0 radical (unpaired) electrons. The second kappa shape index (κ2) is 20.4. The summed E-state index contributed by atoms with van der Waals surface area (Å²) in [5, 5.41) is 19.9. The van der Waals surface area contributed by atoms with Gasteiger partial charge in [0.15, 0.2) is 0 Å². The number of carboxylic acid groups (broad SMARTS) is 2. The fourth-order valence-electron chi connectivity index (χ4n) is 2.78. The minimum atomic E-state index is -1.26. The molecule has 0 saturated heterocycles. The molecular weight excluding hydrogens is 506 g/mol. The zero-order chi connectivity index (χ0) is 28.9. The highest BCUT2D eigenvalue weighted by atomic mass is 32.2. The van der Waals surface area contributed by atoms with Gasteiger partial charge in [-0.3, -0.25) is 14.6 Å². The maximum absolute atomic E-state index is 11.5. The molecule has 0 aliphatic rings. The fourth-order valence-corrected chi connectivity index (χ4v) is 3.78. The molecule has 0 aliphatic carbocycles. The standard InChI is InChI=1S/C22H33NO5S.C6H6N2O/c1-16(2)7-5-8-17(3)9-6-10-18(4)13-14-29-15-19(22(27)28)23-20(24)11-12-21(25)26;7-6(9)5-2-1-3-8-4-5/h7,9,11-13,19H,5-6,8,10,14-15H2,1-4H3,(H,23,24)(H,25,26)(H,27,28);1-4H,(H2,7,9)/b12-11+,17-9+,18-13+;/t19-;/m0./s1. The lowest BCUT2D eigenvalue weighted by Crippen LogP contribution is -2.42. The Bertz CT molecular complexity index is 1030. The number of nitrogens with two attached hydrogens (primary N) is 1. The molecule has 2 amide bonds. The van der Waals surface area contributed by atoms with Gasteiger partial charge in [-0.1, -0.05) is 34.9 Å². The summed E-state index contributed by atoms with van der Waals surface area (Å²) < 4.78 is 0. The van der Waals surface area contributed by atoms with Crippen molar-refractivity contribution in [3.05, 3.63) is 77.2 Å². The third-order valence-corrected chi connectivity index (χ3v) is 5.87. The number of carbonyl (C=O) groups is 4. The van der Waals surface area contributed by atoms with E-state index in [0.717, 1.165) is 31.8 Å². The molecule has 1 aromatic rings. The maximum atomic E-state index is 11.5. The zero-order valence-corrected chi connectivity index (χ0v) is 23.3. The van der Waals surface area contributed by atoms with Gasteiger partial charge in [0.2, 0.25) is 11.8 Å². The summed E-state index contributed by atoms with van der Waals surface area (Å²) >= 11 is 1.40. The van der Waals surface area contributed by atoms with E-state index in [0.29, 0.717) is 17.4 Å². The van der Waals surface area contributed by atoms with Gasteiger partial charge in [0, 0.05) is 36.1 Å². The predicted octanol–water partition coefficient (Wildman–Crippen LogP) is 4.53. The van der Waals surface area contributed by atoms with E-state index in [1.165, 1.54) is 34.7 Å². The van der Waals surface area contributed by atoms with Crippen LogP contribution in [0.1, 0.15) is 63.7 Å². The average Bonchev–Trinajstić information content (AvgIpc) is 2.85. The third kappa shape index (κ3) is 19.5. The smallest absolute Gasteiger partial charge is 0.328 e. The number of pyridine rings is 1. The summed E-state index contributed by atoms with van der Waals surface area (Å²) in [6, 6.07) is 2.22. The molecule has 38 heavy (non-hydrogen) atoms. The largest absolute Gasteiger partial charge is 0.480 e. The van der Waals surface area contributed by atoms with Gasteiger partial charge in [-0.15, -0.1) is 0 Å². The predicted molar refractivity (Wildman–Crippen MR) is 152 cm³/mol. The Morgan fingerprint density at radius 1 is 1.00 bits per heavy atom. The Labute approximate surface area is 229 Å². The minimum Gasteiger partial charge on any atom is -0.480 e. The molecule has 9 nitrogen and oxygen atoms in total. The van der Waals surface area contributed by atoms with Crippen molar-refractivity contribution < 1.29 is 29.4 Å². The van der Waals surface area contributed by atoms with Crippen LogP contribution in [-0.4, -0.2) is 56.5 Å². The van der Waals surface area contributed by atoms with E-state index >= 15 is 0 Å². The van der Waals surface area contributed by atoms with Crippen LogP contribution in [0.25, 0.3) is 0 Å². The average molecular weight is 546 g/mol. The van der Waals surface area contributed by atoms with Crippen LogP contribution in [0, 0.1) is 0 Å². The van der Waals surface area contributed by atoms with E-state index in [1.54, 1.807) is 18.3 Å². The monoisotopic (exact) mass is 545 g/mol. The second-order valence-corrected chi connectivity index (χ2v) is 9.75. The molecule has 0 aromatic carbocycles. The first-order valence-electron chi connectivity index (χ1n) is 12.1. The van der Waals surface area contributed by atoms with Gasteiger partial charge >= 0.3 is 11.9 Å². The van der Waals surface area contributed by atoms with Gasteiger partial charge in [0.1, 0.15) is 6.04 Å². The van der Waals surface area contributed by atoms with Crippen molar-refractivity contribution in [2.75, 3.05) is 11.5 Å². The Balaban J connectivity index is 0.00000127. The number of carboxylic acids is 2. The Hall–Kier alpha value is -3.66. The zero-order valence-electron chi connectivity index (χ0n) is 22.5. The molecule has 1 heterocycles. The Kier molecular flexibility index (Phi) is 18.4. The molecule has 0 bridgehead atoms. The minimum absolute atomic E-state index is 0.204. The molecule has 1 atom stereocenters. The van der Waals surface area contributed by atoms with Gasteiger partial charge in [-0.2, -0.15) is 11.8 Å². The number of hydrogen-bond donors (Lipinski definition) is 4. The van der Waals surface area contributed by atoms with E-state index in [4.69, 9.17) is 10.8 Å². The van der Waals surface area contributed by atoms with Crippen LogP contribution >= 0.6 is 11.8 Å². The quantitative estimate of drug-likeness (QED) is 0.142. The van der Waals surface area contributed by atoms with Crippen molar-refractivity contribution in [3.8, 4) is 0 Å². The highest BCUT2D eigenvalue weighted by Crippen LogP contribution is 2.13. The number of aromatic nitrogens is 1. The number of rotatable bonds is 15. The van der Waals surface area contributed by atoms with Gasteiger partial charge in [-0.25, -0.2) is 9.59 Å². The van der Waals surface area contributed by atoms with Crippen LogP contribution in [-0.2, 0) is 14.4 Å². The van der Waals surface area contributed by atoms with Crippen molar-refractivity contribution in [1.82, 2.24) is 10.3 Å². The van der Waals surface area contributed by atoms with Crippen LogP contribution in [0.4, 0.5) is 0 Å². The number of carbonyl (C=O) groups excluding carboxylic acids is 2. The Morgan fingerprint density at radius 2 is 1.63 bits per heavy atom. The van der Waals surface area contributed by atoms with E-state index in [9.17, 15) is 24.3 Å². The number of amides is 2. The summed E-state index contributed by atoms with van der Waals surface area (Å²) in [6.07, 6.45) is 15.2. The van der Waals surface area contributed by atoms with Gasteiger partial charge in [0.05, 0.1) is 5.56 Å². The number of hydrogen-bond acceptors (Lipinski definition) is 6. The van der Waals surface area contributed by atoms with Crippen LogP contribution < -0.4 is 11.1 Å². The first-order valence-corrected chi connectivity index (χ1v) is 13.2. The molecule has 5 N–H and O–H groups in total. The first-order chi connectivity index (χ1) is 17.9. The van der Waals surface area contributed by atoms with Crippen LogP contribution in [0.5, 0.6) is 0 Å². The van der Waals surface area contributed by atoms with Crippen molar-refractivity contribution in [2.24, 2.45) is 5.73 Å². The van der Waals surface area contributed by atoms with E-state index < -0.39 is 29.8 Å². The van der Waals surface area contributed by atoms with Gasteiger partial charge in [-0.05, 0) is 65.5 Å². The molecule has 208 valence electrons. The number of aliphatic carboxylic acids is 2. The molecule has 0 fully saturated rings. The number of allylic oxidation sites excluding steroid dienone is 5. The molecule has 0 unspecified atom stereocenters. The summed E-state index contributed by atoms with van der Waals surface area (Å²) in [6.45, 7) is 8.42. The second-order valence-electron chi connectivity index (χ2n) is 8.67. The molecular formula is C28H39N3O6S. The third-order valence-electron chi connectivity index (χ3n) is 4.89. The van der Waals surface area contributed by atoms with E-state index in [-0.39, 0.29) is 5.75 Å². The van der Waals surface area contributed by atoms with Crippen molar-refractivity contribution in [2.45, 2.75) is 59.4 Å². The summed E-state index contributed by atoms with van der Waals surface area (Å²) in [5.74, 6) is -2.74. The lowest BCUT2D eigenvalue weighted by Gasteiger charge is -2.12. The highest BCUT2D eigenvalue weighted by Gasteiger charge is 2.18. The molecule has 0 aliphatic heterocycles. The normalized spacial score (nSPS) is 12.2. The fraction of sp³-hybridized carbons (Fsp3) is 0.393. The maximum Gasteiger partial charge on any atom is 0.328 e. The van der Waals surface area contributed by atoms with E-state index in [1.807, 2.05) is 0 Å². The SMILES string of the molecule is CC(C)=CCC/C(C)=C/CC/C(C)=C/CSC[C@H](NC(=O)/C=C/C(=O)O)C(=O)O.NC(=O)c1cccnc1. The lowest BCUT2D eigenvalue weighted by atomic mass is 10.1. The van der Waals surface area contributed by atoms with Crippen LogP contribution in [0.2, 0.25) is 0 Å². The topological polar surface area (TPSA) is 160 Å². The molecule has 10 heteroatoms. The Morgan fingerprint density at radius 3 is 2.13 bits per heavy atom. The van der Waals surface area contributed by atoms with E-state index in [2.05, 4.69) is 56.2 Å². The number of nitrogens with one attached hydrogen (secondary N) is 1. The van der Waals surface area contributed by atoms with Crippen LogP contribution in [0.3, 0.4) is 0 Å². The van der Waals surface area contributed by atoms with Gasteiger partial charge < -0.3 is 21.3 Å². The molecule has 1 rings (SSSR count). The summed E-state index contributed by atoms with van der Waals surface area (Å²) in [7, 11) is 0. The number of nitrogens with zero attached hydrogens (tertiary/aromatic N) is 1. The molecule has 0 saturated carbocycles. The van der Waals surface area contributed by atoms with Crippen LogP contribution in [0.15, 0.2) is 71.6 Å². The first kappa shape index (κ1) is 34.3. The molecule has 0 spiro atoms. The highest BCUT2D eigenvalue weighted by molar-refractivity contribution is 7.99. The number of thioether (sulfide) groups is 1. The summed E-state index contributed by atoms with van der Waals surface area (Å²) in [5.41, 5.74) is 9.35. The number of primary amides is 1. The lowest BCUT2D eigenvalue weighted by molar-refractivity contribution is -0.140. The van der Waals surface area contributed by atoms with Crippen molar-refractivity contribution in [1.29, 1.82) is 0 Å². The van der Waals surface area contributed by atoms with Crippen molar-refractivity contribution in [3.63, 3.8) is 0 Å². The van der Waals surface area contributed by atoms with Crippen molar-refractivity contribution >= 4 is 35.5 Å².